The summed E-state index contributed by atoms with van der Waals surface area (Å²) in [7, 11) is 0. The molecular weight excluding hydrogens is 494 g/mol. The van der Waals surface area contributed by atoms with E-state index in [2.05, 4.69) is 15.9 Å². The first-order valence-electron chi connectivity index (χ1n) is 9.71. The van der Waals surface area contributed by atoms with Crippen LogP contribution in [0.5, 0.6) is 0 Å². The van der Waals surface area contributed by atoms with E-state index in [9.17, 15) is 19.5 Å². The molecule has 1 atom stereocenters. The number of ketones is 2. The second-order valence-electron chi connectivity index (χ2n) is 7.33. The second kappa shape index (κ2) is 8.73. The van der Waals surface area contributed by atoms with Gasteiger partial charge in [-0.05, 0) is 73.2 Å². The molecule has 1 aliphatic heterocycles. The zero-order chi connectivity index (χ0) is 23.0. The minimum Gasteiger partial charge on any atom is -0.507 e. The predicted octanol–water partition coefficient (Wildman–Crippen LogP) is 5.93. The summed E-state index contributed by atoms with van der Waals surface area (Å²) in [6.07, 6.45) is 0. The van der Waals surface area contributed by atoms with Crippen molar-refractivity contribution >= 4 is 56.5 Å². The molecule has 3 aromatic carbocycles. The Bertz CT molecular complexity index is 1250. The molecule has 4 rings (SSSR count). The van der Waals surface area contributed by atoms with Crippen molar-refractivity contribution in [3.05, 3.63) is 105 Å². The number of hydrogen-bond acceptors (Lipinski definition) is 4. The van der Waals surface area contributed by atoms with E-state index in [0.717, 1.165) is 4.47 Å². The van der Waals surface area contributed by atoms with Crippen LogP contribution < -0.4 is 4.90 Å². The van der Waals surface area contributed by atoms with Crippen molar-refractivity contribution in [2.45, 2.75) is 13.0 Å². The number of Topliss-reactive ketones (excluding diaryl/α,β-unsaturated/α-hetero) is 2. The van der Waals surface area contributed by atoms with Gasteiger partial charge in [-0.3, -0.25) is 19.3 Å². The molecule has 32 heavy (non-hydrogen) atoms. The highest BCUT2D eigenvalue weighted by Gasteiger charge is 2.46. The summed E-state index contributed by atoms with van der Waals surface area (Å²) in [5.74, 6) is -1.94. The predicted molar refractivity (Wildman–Crippen MR) is 127 cm³/mol. The van der Waals surface area contributed by atoms with Crippen molar-refractivity contribution in [2.24, 2.45) is 0 Å². The van der Waals surface area contributed by atoms with E-state index in [1.807, 2.05) is 0 Å². The summed E-state index contributed by atoms with van der Waals surface area (Å²) in [6.45, 7) is 1.45. The normalized spacial score (nSPS) is 17.6. The molecule has 1 fully saturated rings. The van der Waals surface area contributed by atoms with Crippen LogP contribution >= 0.6 is 27.5 Å². The second-order valence-corrected chi connectivity index (χ2v) is 8.68. The summed E-state index contributed by atoms with van der Waals surface area (Å²) in [5.41, 5.74) is 1.95. The van der Waals surface area contributed by atoms with Crippen molar-refractivity contribution in [2.75, 3.05) is 4.90 Å². The van der Waals surface area contributed by atoms with Gasteiger partial charge in [-0.15, -0.1) is 0 Å². The number of amides is 1. The smallest absolute Gasteiger partial charge is 0.300 e. The molecule has 1 amide bonds. The molecule has 0 radical (unpaired) electrons. The molecule has 160 valence electrons. The fourth-order valence-corrected chi connectivity index (χ4v) is 4.07. The average Bonchev–Trinajstić information content (AvgIpc) is 3.05. The minimum atomic E-state index is -0.845. The Balaban J connectivity index is 1.91. The standard InChI is InChI=1S/C25H17BrClNO4/c1-14(29)15-6-12-20(13-7-15)28-22(16-2-8-18(26)9-3-16)21(24(31)25(28)32)23(30)17-4-10-19(27)11-5-17/h2-13,22,30H,1H3. The molecule has 3 aromatic rings. The van der Waals surface area contributed by atoms with Gasteiger partial charge in [-0.25, -0.2) is 0 Å². The van der Waals surface area contributed by atoms with Gasteiger partial charge in [0.2, 0.25) is 0 Å². The maximum Gasteiger partial charge on any atom is 0.300 e. The number of hydrogen-bond donors (Lipinski definition) is 1. The van der Waals surface area contributed by atoms with Gasteiger partial charge in [0.25, 0.3) is 11.7 Å². The molecule has 0 aliphatic carbocycles. The number of aliphatic hydroxyl groups is 1. The number of benzene rings is 3. The molecule has 1 aliphatic rings. The van der Waals surface area contributed by atoms with Crippen LogP contribution in [0.3, 0.4) is 0 Å². The number of rotatable bonds is 4. The Morgan fingerprint density at radius 3 is 2.03 bits per heavy atom. The van der Waals surface area contributed by atoms with Crippen molar-refractivity contribution < 1.29 is 19.5 Å². The summed E-state index contributed by atoms with van der Waals surface area (Å²) < 4.78 is 0.835. The Hall–Kier alpha value is -3.22. The molecule has 0 saturated carbocycles. The zero-order valence-corrected chi connectivity index (χ0v) is 19.2. The molecule has 1 heterocycles. The highest BCUT2D eigenvalue weighted by Crippen LogP contribution is 2.42. The highest BCUT2D eigenvalue weighted by atomic mass is 79.9. The Morgan fingerprint density at radius 2 is 1.47 bits per heavy atom. The number of aliphatic hydroxyl groups excluding tert-OH is 1. The fourth-order valence-electron chi connectivity index (χ4n) is 3.68. The van der Waals surface area contributed by atoms with Gasteiger partial charge in [-0.1, -0.05) is 39.7 Å². The summed E-state index contributed by atoms with van der Waals surface area (Å²) in [5, 5.41) is 11.5. The summed E-state index contributed by atoms with van der Waals surface area (Å²) >= 11 is 9.34. The fraction of sp³-hybridized carbons (Fsp3) is 0.0800. The lowest BCUT2D eigenvalue weighted by Crippen LogP contribution is -2.29. The summed E-state index contributed by atoms with van der Waals surface area (Å²) in [6, 6.07) is 19.2. The number of carbonyl (C=O) groups excluding carboxylic acids is 3. The molecular formula is C25H17BrClNO4. The van der Waals surface area contributed by atoms with Gasteiger partial charge in [0.1, 0.15) is 5.76 Å². The van der Waals surface area contributed by atoms with E-state index in [1.165, 1.54) is 11.8 Å². The third kappa shape index (κ3) is 3.99. The lowest BCUT2D eigenvalue weighted by atomic mass is 9.95. The van der Waals surface area contributed by atoms with E-state index in [-0.39, 0.29) is 17.1 Å². The van der Waals surface area contributed by atoms with E-state index in [4.69, 9.17) is 11.6 Å². The first-order valence-corrected chi connectivity index (χ1v) is 10.9. The zero-order valence-electron chi connectivity index (χ0n) is 16.9. The molecule has 1 saturated heterocycles. The Kier molecular flexibility index (Phi) is 6.00. The van der Waals surface area contributed by atoms with Gasteiger partial charge < -0.3 is 5.11 Å². The van der Waals surface area contributed by atoms with Crippen LogP contribution in [0.2, 0.25) is 5.02 Å². The number of carbonyl (C=O) groups is 3. The average molecular weight is 511 g/mol. The van der Waals surface area contributed by atoms with Crippen molar-refractivity contribution in [1.82, 2.24) is 0 Å². The number of nitrogens with zero attached hydrogens (tertiary/aromatic N) is 1. The van der Waals surface area contributed by atoms with Crippen LogP contribution in [0, 0.1) is 0 Å². The Labute approximate surface area is 198 Å². The monoisotopic (exact) mass is 509 g/mol. The highest BCUT2D eigenvalue weighted by molar-refractivity contribution is 9.10. The molecule has 1 N–H and O–H groups in total. The minimum absolute atomic E-state index is 0.0183. The van der Waals surface area contributed by atoms with Crippen LogP contribution in [-0.4, -0.2) is 22.6 Å². The lowest BCUT2D eigenvalue weighted by Gasteiger charge is -2.25. The largest absolute Gasteiger partial charge is 0.507 e. The molecule has 1 unspecified atom stereocenters. The van der Waals surface area contributed by atoms with Gasteiger partial charge in [-0.2, -0.15) is 0 Å². The van der Waals surface area contributed by atoms with Crippen LogP contribution in [0.15, 0.2) is 82.8 Å². The van der Waals surface area contributed by atoms with E-state index >= 15 is 0 Å². The molecule has 0 spiro atoms. The first-order chi connectivity index (χ1) is 15.3. The topological polar surface area (TPSA) is 74.7 Å². The van der Waals surface area contributed by atoms with E-state index in [0.29, 0.717) is 27.4 Å². The molecule has 7 heteroatoms. The maximum atomic E-state index is 13.1. The van der Waals surface area contributed by atoms with E-state index < -0.39 is 17.7 Å². The molecule has 5 nitrogen and oxygen atoms in total. The third-order valence-corrected chi connectivity index (χ3v) is 6.08. The van der Waals surface area contributed by atoms with Gasteiger partial charge >= 0.3 is 0 Å². The van der Waals surface area contributed by atoms with Crippen LogP contribution in [0.1, 0.15) is 34.5 Å². The number of halogens is 2. The Morgan fingerprint density at radius 1 is 0.906 bits per heavy atom. The summed E-state index contributed by atoms with van der Waals surface area (Å²) in [4.78, 5) is 39.2. The quantitative estimate of drug-likeness (QED) is 0.204. The first kappa shape index (κ1) is 22.0. The molecule has 0 bridgehead atoms. The van der Waals surface area contributed by atoms with Crippen molar-refractivity contribution in [3.63, 3.8) is 0 Å². The van der Waals surface area contributed by atoms with Crippen molar-refractivity contribution in [3.8, 4) is 0 Å². The van der Waals surface area contributed by atoms with Crippen molar-refractivity contribution in [1.29, 1.82) is 0 Å². The SMILES string of the molecule is CC(=O)c1ccc(N2C(=O)C(=O)C(=C(O)c3ccc(Cl)cc3)C2c2ccc(Br)cc2)cc1. The van der Waals surface area contributed by atoms with Crippen LogP contribution in [-0.2, 0) is 9.59 Å². The van der Waals surface area contributed by atoms with E-state index in [1.54, 1.807) is 72.8 Å². The van der Waals surface area contributed by atoms with Crippen LogP contribution in [0.4, 0.5) is 5.69 Å². The van der Waals surface area contributed by atoms with Crippen LogP contribution in [0.25, 0.3) is 5.76 Å². The number of anilines is 1. The van der Waals surface area contributed by atoms with Gasteiger partial charge in [0, 0.05) is 26.3 Å². The maximum absolute atomic E-state index is 13.1. The lowest BCUT2D eigenvalue weighted by molar-refractivity contribution is -0.132. The van der Waals surface area contributed by atoms with Gasteiger partial charge in [0.05, 0.1) is 11.6 Å². The molecule has 0 aromatic heterocycles. The van der Waals surface area contributed by atoms with Gasteiger partial charge in [0.15, 0.2) is 5.78 Å². The third-order valence-electron chi connectivity index (χ3n) is 5.30.